The van der Waals surface area contributed by atoms with Gasteiger partial charge in [-0.1, -0.05) is 17.7 Å². The number of amides is 1. The van der Waals surface area contributed by atoms with Crippen LogP contribution in [0.1, 0.15) is 30.6 Å². The van der Waals surface area contributed by atoms with E-state index < -0.39 is 10.8 Å². The molecule has 1 aromatic carbocycles. The van der Waals surface area contributed by atoms with Gasteiger partial charge in [-0.25, -0.2) is 0 Å². The van der Waals surface area contributed by atoms with Crippen molar-refractivity contribution in [3.05, 3.63) is 38.9 Å². The number of nitro benzene ring substituents is 1. The Kier molecular flexibility index (Phi) is 5.91. The summed E-state index contributed by atoms with van der Waals surface area (Å²) in [5.74, 6) is -0.495. The van der Waals surface area contributed by atoms with Crippen LogP contribution in [0, 0.1) is 10.1 Å². The number of rotatable bonds is 6. The lowest BCUT2D eigenvalue weighted by molar-refractivity contribution is -0.385. The molecule has 1 N–H and O–H groups in total. The Morgan fingerprint density at radius 2 is 2.15 bits per heavy atom. The highest BCUT2D eigenvalue weighted by Gasteiger charge is 2.28. The highest BCUT2D eigenvalue weighted by atomic mass is 35.5. The molecule has 0 spiro atoms. The molecule has 0 radical (unpaired) electrons. The molecule has 1 aromatic rings. The van der Waals surface area contributed by atoms with Crippen molar-refractivity contribution in [1.29, 1.82) is 0 Å². The van der Waals surface area contributed by atoms with Crippen LogP contribution < -0.4 is 0 Å². The van der Waals surface area contributed by atoms with E-state index in [0.29, 0.717) is 13.0 Å². The first-order valence-electron chi connectivity index (χ1n) is 6.24. The number of carbonyl (C=O) groups is 1. The predicted octanol–water partition coefficient (Wildman–Crippen LogP) is 2.48. The summed E-state index contributed by atoms with van der Waals surface area (Å²) in [6, 6.07) is 3.99. The van der Waals surface area contributed by atoms with Gasteiger partial charge >= 0.3 is 0 Å². The van der Waals surface area contributed by atoms with E-state index in [1.807, 2.05) is 0 Å². The molecule has 0 aliphatic rings. The van der Waals surface area contributed by atoms with Crippen molar-refractivity contribution in [2.24, 2.45) is 0 Å². The number of nitro groups is 1. The average molecular weight is 301 g/mol. The lowest BCUT2D eigenvalue weighted by atomic mass is 10.1. The molecule has 0 heterocycles. The topological polar surface area (TPSA) is 83.7 Å². The third-order valence-corrected chi connectivity index (χ3v) is 3.16. The molecule has 110 valence electrons. The van der Waals surface area contributed by atoms with Gasteiger partial charge < -0.3 is 10.0 Å². The average Bonchev–Trinajstić information content (AvgIpc) is 2.38. The van der Waals surface area contributed by atoms with Crippen LogP contribution in [-0.2, 0) is 0 Å². The van der Waals surface area contributed by atoms with Gasteiger partial charge in [0.1, 0.15) is 5.56 Å². The maximum absolute atomic E-state index is 12.5. The summed E-state index contributed by atoms with van der Waals surface area (Å²) in [6.45, 7) is 3.87. The predicted molar refractivity (Wildman–Crippen MR) is 76.0 cm³/mol. The SMILES string of the molecule is CC(C)N(CCCO)C(=O)c1c(Cl)cccc1[N+](=O)[O-]. The summed E-state index contributed by atoms with van der Waals surface area (Å²) < 4.78 is 0. The second-order valence-corrected chi connectivity index (χ2v) is 4.97. The molecule has 0 aliphatic carbocycles. The van der Waals surface area contributed by atoms with E-state index in [-0.39, 0.29) is 28.9 Å². The fraction of sp³-hybridized carbons (Fsp3) is 0.462. The van der Waals surface area contributed by atoms with E-state index in [1.54, 1.807) is 13.8 Å². The second-order valence-electron chi connectivity index (χ2n) is 4.56. The zero-order chi connectivity index (χ0) is 15.3. The number of hydrogen-bond donors (Lipinski definition) is 1. The fourth-order valence-electron chi connectivity index (χ4n) is 1.86. The Morgan fingerprint density at radius 3 is 2.65 bits per heavy atom. The molecule has 0 aliphatic heterocycles. The summed E-state index contributed by atoms with van der Waals surface area (Å²) >= 11 is 5.95. The number of nitrogens with zero attached hydrogens (tertiary/aromatic N) is 2. The lowest BCUT2D eigenvalue weighted by Gasteiger charge is -2.26. The van der Waals surface area contributed by atoms with Gasteiger partial charge in [-0.05, 0) is 26.3 Å². The van der Waals surface area contributed by atoms with Crippen molar-refractivity contribution in [2.75, 3.05) is 13.2 Å². The van der Waals surface area contributed by atoms with Gasteiger partial charge in [-0.2, -0.15) is 0 Å². The van der Waals surface area contributed by atoms with Crippen molar-refractivity contribution in [3.63, 3.8) is 0 Å². The summed E-state index contributed by atoms with van der Waals surface area (Å²) in [5, 5.41) is 20.0. The zero-order valence-electron chi connectivity index (χ0n) is 11.4. The molecule has 0 bridgehead atoms. The molecule has 0 aromatic heterocycles. The summed E-state index contributed by atoms with van der Waals surface area (Å²) in [5.41, 5.74) is -0.414. The molecule has 0 atom stereocenters. The molecule has 1 rings (SSSR count). The maximum atomic E-state index is 12.5. The Labute approximate surface area is 122 Å². The van der Waals surface area contributed by atoms with E-state index >= 15 is 0 Å². The quantitative estimate of drug-likeness (QED) is 0.646. The Balaban J connectivity index is 3.21. The van der Waals surface area contributed by atoms with Gasteiger partial charge in [-0.15, -0.1) is 0 Å². The summed E-state index contributed by atoms with van der Waals surface area (Å²) in [4.78, 5) is 24.4. The van der Waals surface area contributed by atoms with E-state index in [0.717, 1.165) is 0 Å². The minimum Gasteiger partial charge on any atom is -0.396 e. The van der Waals surface area contributed by atoms with Gasteiger partial charge in [0.25, 0.3) is 11.6 Å². The standard InChI is InChI=1S/C13H17ClN2O4/c1-9(2)15(7-4-8-17)13(18)12-10(14)5-3-6-11(12)16(19)20/h3,5-6,9,17H,4,7-8H2,1-2H3. The smallest absolute Gasteiger partial charge is 0.283 e. The van der Waals surface area contributed by atoms with Gasteiger partial charge in [0.05, 0.1) is 9.95 Å². The van der Waals surface area contributed by atoms with E-state index in [2.05, 4.69) is 0 Å². The Hall–Kier alpha value is -1.66. The van der Waals surface area contributed by atoms with Crippen LogP contribution in [0.3, 0.4) is 0 Å². The maximum Gasteiger partial charge on any atom is 0.283 e. The largest absolute Gasteiger partial charge is 0.396 e. The molecule has 0 unspecified atom stereocenters. The lowest BCUT2D eigenvalue weighted by Crippen LogP contribution is -2.38. The van der Waals surface area contributed by atoms with Crippen LogP contribution in [-0.4, -0.2) is 40.0 Å². The first-order valence-corrected chi connectivity index (χ1v) is 6.62. The Bertz CT molecular complexity index is 505. The zero-order valence-corrected chi connectivity index (χ0v) is 12.1. The van der Waals surface area contributed by atoms with Crippen molar-refractivity contribution in [1.82, 2.24) is 4.90 Å². The van der Waals surface area contributed by atoms with E-state index in [4.69, 9.17) is 16.7 Å². The second kappa shape index (κ2) is 7.21. The number of aliphatic hydroxyl groups excluding tert-OH is 1. The molecule has 0 fully saturated rings. The van der Waals surface area contributed by atoms with Gasteiger partial charge in [0.2, 0.25) is 0 Å². The number of halogens is 1. The monoisotopic (exact) mass is 300 g/mol. The van der Waals surface area contributed by atoms with Crippen molar-refractivity contribution < 1.29 is 14.8 Å². The van der Waals surface area contributed by atoms with Gasteiger partial charge in [0.15, 0.2) is 0 Å². The molecule has 6 nitrogen and oxygen atoms in total. The fourth-order valence-corrected chi connectivity index (χ4v) is 2.11. The van der Waals surface area contributed by atoms with Crippen molar-refractivity contribution >= 4 is 23.2 Å². The minimum absolute atomic E-state index is 0.0544. The molecule has 1 amide bonds. The number of aliphatic hydroxyl groups is 1. The molecule has 0 saturated heterocycles. The van der Waals surface area contributed by atoms with Crippen LogP contribution in [0.25, 0.3) is 0 Å². The number of carbonyl (C=O) groups excluding carboxylic acids is 1. The van der Waals surface area contributed by atoms with Gasteiger partial charge in [0, 0.05) is 25.3 Å². The highest BCUT2D eigenvalue weighted by Crippen LogP contribution is 2.28. The van der Waals surface area contributed by atoms with Crippen molar-refractivity contribution in [3.8, 4) is 0 Å². The van der Waals surface area contributed by atoms with E-state index in [9.17, 15) is 14.9 Å². The first-order chi connectivity index (χ1) is 9.40. The normalized spacial score (nSPS) is 10.7. The highest BCUT2D eigenvalue weighted by molar-refractivity contribution is 6.34. The van der Waals surface area contributed by atoms with Crippen LogP contribution in [0.4, 0.5) is 5.69 Å². The summed E-state index contributed by atoms with van der Waals surface area (Å²) in [7, 11) is 0. The third kappa shape index (κ3) is 3.68. The first kappa shape index (κ1) is 16.4. The molecule has 0 saturated carbocycles. The molecular formula is C13H17ClN2O4. The van der Waals surface area contributed by atoms with Crippen LogP contribution in [0.2, 0.25) is 5.02 Å². The third-order valence-electron chi connectivity index (χ3n) is 2.84. The van der Waals surface area contributed by atoms with E-state index in [1.165, 1.54) is 23.1 Å². The van der Waals surface area contributed by atoms with Crippen LogP contribution >= 0.6 is 11.6 Å². The van der Waals surface area contributed by atoms with Crippen molar-refractivity contribution in [2.45, 2.75) is 26.3 Å². The Morgan fingerprint density at radius 1 is 1.50 bits per heavy atom. The summed E-state index contributed by atoms with van der Waals surface area (Å²) in [6.07, 6.45) is 0.405. The minimum atomic E-state index is -0.621. The van der Waals surface area contributed by atoms with Crippen LogP contribution in [0.15, 0.2) is 18.2 Å². The molecule has 20 heavy (non-hydrogen) atoms. The molecule has 7 heteroatoms. The van der Waals surface area contributed by atoms with Crippen LogP contribution in [0.5, 0.6) is 0 Å². The number of hydrogen-bond acceptors (Lipinski definition) is 4. The van der Waals surface area contributed by atoms with Gasteiger partial charge in [-0.3, -0.25) is 14.9 Å². The number of benzene rings is 1. The molecular weight excluding hydrogens is 284 g/mol.